The number of carbonyl (C=O) groups excluding carboxylic acids is 2. The molecule has 0 atom stereocenters. The van der Waals surface area contributed by atoms with E-state index in [0.717, 1.165) is 16.9 Å². The van der Waals surface area contributed by atoms with E-state index in [0.29, 0.717) is 24.2 Å². The first kappa shape index (κ1) is 16.9. The summed E-state index contributed by atoms with van der Waals surface area (Å²) in [7, 11) is 0. The smallest absolute Gasteiger partial charge is 0.251 e. The first-order valence-corrected chi connectivity index (χ1v) is 7.69. The maximum absolute atomic E-state index is 12.1. The summed E-state index contributed by atoms with van der Waals surface area (Å²) in [5.74, 6) is -0.270. The van der Waals surface area contributed by atoms with Crippen molar-refractivity contribution in [2.45, 2.75) is 27.7 Å². The van der Waals surface area contributed by atoms with Gasteiger partial charge in [0.05, 0.1) is 22.4 Å². The Hall–Kier alpha value is -2.50. The third-order valence-corrected chi connectivity index (χ3v) is 3.57. The monoisotopic (exact) mass is 314 g/mol. The van der Waals surface area contributed by atoms with Crippen LogP contribution in [0, 0.1) is 19.8 Å². The van der Waals surface area contributed by atoms with Crippen molar-refractivity contribution in [1.29, 1.82) is 0 Å². The largest absolute Gasteiger partial charge is 0.354 e. The molecular weight excluding hydrogens is 292 g/mol. The van der Waals surface area contributed by atoms with Gasteiger partial charge in [0.15, 0.2) is 0 Å². The molecule has 122 valence electrons. The Morgan fingerprint density at radius 3 is 2.26 bits per heavy atom. The Balaban J connectivity index is 1.98. The van der Waals surface area contributed by atoms with Crippen molar-refractivity contribution in [3.8, 4) is 0 Å². The van der Waals surface area contributed by atoms with Crippen LogP contribution in [0.25, 0.3) is 11.0 Å². The number of nitrogens with one attached hydrogen (secondary N) is 2. The summed E-state index contributed by atoms with van der Waals surface area (Å²) in [6.07, 6.45) is 0. The number of aryl methyl sites for hydroxylation is 2. The lowest BCUT2D eigenvalue weighted by atomic mass is 10.1. The lowest BCUT2D eigenvalue weighted by Gasteiger charge is -2.09. The maximum Gasteiger partial charge on any atom is 0.251 e. The summed E-state index contributed by atoms with van der Waals surface area (Å²) in [4.78, 5) is 32.5. The SMILES string of the molecule is Cc1nc2ccc(C(=O)NCCNC(=O)C(C)C)cc2nc1C. The molecule has 0 aliphatic rings. The molecule has 2 aromatic rings. The van der Waals surface area contributed by atoms with Crippen LogP contribution in [0.3, 0.4) is 0 Å². The van der Waals surface area contributed by atoms with Gasteiger partial charge in [-0.25, -0.2) is 9.97 Å². The fourth-order valence-corrected chi connectivity index (χ4v) is 2.04. The quantitative estimate of drug-likeness (QED) is 0.824. The Morgan fingerprint density at radius 1 is 1.00 bits per heavy atom. The zero-order valence-electron chi connectivity index (χ0n) is 13.9. The molecule has 0 radical (unpaired) electrons. The third-order valence-electron chi connectivity index (χ3n) is 3.57. The van der Waals surface area contributed by atoms with E-state index in [4.69, 9.17) is 0 Å². The molecule has 1 aromatic heterocycles. The first-order valence-electron chi connectivity index (χ1n) is 7.69. The number of benzene rings is 1. The third kappa shape index (κ3) is 4.25. The number of aromatic nitrogens is 2. The average Bonchev–Trinajstić information content (AvgIpc) is 2.51. The predicted octanol–water partition coefficient (Wildman–Crippen LogP) is 1.75. The van der Waals surface area contributed by atoms with E-state index in [1.807, 2.05) is 27.7 Å². The van der Waals surface area contributed by atoms with Crippen molar-refractivity contribution in [3.05, 3.63) is 35.2 Å². The molecule has 0 spiro atoms. The predicted molar refractivity (Wildman–Crippen MR) is 89.2 cm³/mol. The summed E-state index contributed by atoms with van der Waals surface area (Å²) in [5.41, 5.74) is 3.75. The molecule has 23 heavy (non-hydrogen) atoms. The zero-order valence-corrected chi connectivity index (χ0v) is 13.9. The summed E-state index contributed by atoms with van der Waals surface area (Å²) in [6.45, 7) is 8.25. The Morgan fingerprint density at radius 2 is 1.61 bits per heavy atom. The van der Waals surface area contributed by atoms with Gasteiger partial charge in [-0.2, -0.15) is 0 Å². The van der Waals surface area contributed by atoms with Gasteiger partial charge in [0.25, 0.3) is 5.91 Å². The van der Waals surface area contributed by atoms with Crippen LogP contribution in [0.5, 0.6) is 0 Å². The highest BCUT2D eigenvalue weighted by atomic mass is 16.2. The number of hydrogen-bond donors (Lipinski definition) is 2. The normalized spacial score (nSPS) is 10.8. The Bertz CT molecular complexity index is 741. The summed E-state index contributed by atoms with van der Waals surface area (Å²) < 4.78 is 0. The van der Waals surface area contributed by atoms with E-state index in [9.17, 15) is 9.59 Å². The number of nitrogens with zero attached hydrogens (tertiary/aromatic N) is 2. The van der Waals surface area contributed by atoms with Gasteiger partial charge in [-0.3, -0.25) is 9.59 Å². The second-order valence-corrected chi connectivity index (χ2v) is 5.80. The van der Waals surface area contributed by atoms with Gasteiger partial charge >= 0.3 is 0 Å². The second-order valence-electron chi connectivity index (χ2n) is 5.80. The Labute approximate surface area is 135 Å². The number of carbonyl (C=O) groups is 2. The zero-order chi connectivity index (χ0) is 17.0. The van der Waals surface area contributed by atoms with Gasteiger partial charge in [0, 0.05) is 24.6 Å². The molecular formula is C17H22N4O2. The number of rotatable bonds is 5. The molecule has 1 aromatic carbocycles. The van der Waals surface area contributed by atoms with Gasteiger partial charge in [-0.05, 0) is 32.0 Å². The molecule has 6 heteroatoms. The number of hydrogen-bond acceptors (Lipinski definition) is 4. The molecule has 0 fully saturated rings. The van der Waals surface area contributed by atoms with Gasteiger partial charge in [-0.1, -0.05) is 13.8 Å². The van der Waals surface area contributed by atoms with Crippen molar-refractivity contribution in [3.63, 3.8) is 0 Å². The van der Waals surface area contributed by atoms with Crippen LogP contribution in [-0.2, 0) is 4.79 Å². The molecule has 0 unspecified atom stereocenters. The molecule has 2 rings (SSSR count). The van der Waals surface area contributed by atoms with Gasteiger partial charge in [0.1, 0.15) is 0 Å². The van der Waals surface area contributed by atoms with E-state index >= 15 is 0 Å². The first-order chi connectivity index (χ1) is 10.9. The molecule has 6 nitrogen and oxygen atoms in total. The molecule has 2 amide bonds. The van der Waals surface area contributed by atoms with E-state index in [-0.39, 0.29) is 17.7 Å². The number of fused-ring (bicyclic) bond motifs is 1. The van der Waals surface area contributed by atoms with E-state index in [1.165, 1.54) is 0 Å². The molecule has 0 saturated heterocycles. The molecule has 0 saturated carbocycles. The summed E-state index contributed by atoms with van der Waals surface area (Å²) in [5, 5.41) is 5.54. The van der Waals surface area contributed by atoms with Crippen LogP contribution < -0.4 is 10.6 Å². The van der Waals surface area contributed by atoms with Crippen molar-refractivity contribution >= 4 is 22.8 Å². The lowest BCUT2D eigenvalue weighted by molar-refractivity contribution is -0.123. The van der Waals surface area contributed by atoms with Gasteiger partial charge < -0.3 is 10.6 Å². The highest BCUT2D eigenvalue weighted by molar-refractivity contribution is 5.97. The fourth-order valence-electron chi connectivity index (χ4n) is 2.04. The van der Waals surface area contributed by atoms with Crippen molar-refractivity contribution in [2.75, 3.05) is 13.1 Å². The van der Waals surface area contributed by atoms with Crippen LogP contribution in [0.4, 0.5) is 0 Å². The van der Waals surface area contributed by atoms with Crippen LogP contribution >= 0.6 is 0 Å². The average molecular weight is 314 g/mol. The van der Waals surface area contributed by atoms with E-state index in [1.54, 1.807) is 18.2 Å². The van der Waals surface area contributed by atoms with Crippen molar-refractivity contribution in [1.82, 2.24) is 20.6 Å². The minimum atomic E-state index is -0.189. The molecule has 0 aliphatic carbocycles. The molecule has 1 heterocycles. The fraction of sp³-hybridized carbons (Fsp3) is 0.412. The van der Waals surface area contributed by atoms with Gasteiger partial charge in [-0.15, -0.1) is 0 Å². The topological polar surface area (TPSA) is 84.0 Å². The minimum absolute atomic E-state index is 0.0222. The van der Waals surface area contributed by atoms with Crippen molar-refractivity contribution < 1.29 is 9.59 Å². The lowest BCUT2D eigenvalue weighted by Crippen LogP contribution is -2.36. The molecule has 2 N–H and O–H groups in total. The van der Waals surface area contributed by atoms with Crippen LogP contribution in [0.1, 0.15) is 35.6 Å². The number of amides is 2. The summed E-state index contributed by atoms with van der Waals surface area (Å²) in [6, 6.07) is 5.26. The van der Waals surface area contributed by atoms with Crippen molar-refractivity contribution in [2.24, 2.45) is 5.92 Å². The molecule has 0 aliphatic heterocycles. The van der Waals surface area contributed by atoms with E-state index in [2.05, 4.69) is 20.6 Å². The van der Waals surface area contributed by atoms with Crippen LogP contribution in [0.15, 0.2) is 18.2 Å². The van der Waals surface area contributed by atoms with Crippen LogP contribution in [-0.4, -0.2) is 34.9 Å². The van der Waals surface area contributed by atoms with E-state index < -0.39 is 0 Å². The Kier molecular flexibility index (Phi) is 5.26. The van der Waals surface area contributed by atoms with Crippen LogP contribution in [0.2, 0.25) is 0 Å². The second kappa shape index (κ2) is 7.17. The maximum atomic E-state index is 12.1. The molecule has 0 bridgehead atoms. The summed E-state index contributed by atoms with van der Waals surface area (Å²) >= 11 is 0. The van der Waals surface area contributed by atoms with Gasteiger partial charge in [0.2, 0.25) is 5.91 Å². The highest BCUT2D eigenvalue weighted by Gasteiger charge is 2.09. The minimum Gasteiger partial charge on any atom is -0.354 e. The highest BCUT2D eigenvalue weighted by Crippen LogP contribution is 2.14. The standard InChI is InChI=1S/C17H22N4O2/c1-10(2)16(22)18-7-8-19-17(23)13-5-6-14-15(9-13)21-12(4)11(3)20-14/h5-6,9-10H,7-8H2,1-4H3,(H,18,22)(H,19,23).